The van der Waals surface area contributed by atoms with Crippen LogP contribution in [0.5, 0.6) is 0 Å². The number of para-hydroxylation sites is 1. The molecule has 24 heavy (non-hydrogen) atoms. The zero-order valence-electron chi connectivity index (χ0n) is 12.8. The van der Waals surface area contributed by atoms with Gasteiger partial charge in [-0.25, -0.2) is 9.97 Å². The predicted molar refractivity (Wildman–Crippen MR) is 96.6 cm³/mol. The van der Waals surface area contributed by atoms with Gasteiger partial charge in [0.2, 0.25) is 0 Å². The molecule has 5 rings (SSSR count). The first-order valence-corrected chi connectivity index (χ1v) is 7.80. The van der Waals surface area contributed by atoms with Gasteiger partial charge in [0.15, 0.2) is 5.82 Å². The third-order valence-electron chi connectivity index (χ3n) is 4.23. The molecule has 3 nitrogen and oxygen atoms in total. The molecule has 0 bridgehead atoms. The van der Waals surface area contributed by atoms with Crippen LogP contribution in [0.1, 0.15) is 0 Å². The molecule has 1 radical (unpaired) electrons. The molecule has 0 unspecified atom stereocenters. The second-order valence-electron chi connectivity index (χ2n) is 5.73. The molecule has 0 aliphatic heterocycles. The molecule has 0 saturated carbocycles. The Morgan fingerprint density at radius 2 is 1.46 bits per heavy atom. The first kappa shape index (κ1) is 13.1. The highest BCUT2D eigenvalue weighted by molar-refractivity contribution is 6.06. The Bertz CT molecular complexity index is 1210. The van der Waals surface area contributed by atoms with Crippen LogP contribution in [-0.2, 0) is 0 Å². The van der Waals surface area contributed by atoms with Crippen molar-refractivity contribution in [1.82, 2.24) is 15.0 Å². The van der Waals surface area contributed by atoms with Crippen molar-refractivity contribution in [3.8, 4) is 11.4 Å². The minimum Gasteiger partial charge on any atom is -0.256 e. The summed E-state index contributed by atoms with van der Waals surface area (Å²) < 4.78 is 0. The second-order valence-corrected chi connectivity index (χ2v) is 5.73. The van der Waals surface area contributed by atoms with Gasteiger partial charge in [0, 0.05) is 40.2 Å². The Hall–Kier alpha value is -3.33. The fraction of sp³-hybridized carbons (Fsp3) is 0. The van der Waals surface area contributed by atoms with E-state index in [-0.39, 0.29) is 0 Å². The van der Waals surface area contributed by atoms with Gasteiger partial charge in [-0.1, -0.05) is 42.5 Å². The molecule has 3 aromatic carbocycles. The van der Waals surface area contributed by atoms with Crippen molar-refractivity contribution >= 4 is 32.6 Å². The fourth-order valence-electron chi connectivity index (χ4n) is 3.01. The van der Waals surface area contributed by atoms with Gasteiger partial charge in [-0.05, 0) is 23.6 Å². The van der Waals surface area contributed by atoms with Gasteiger partial charge in [-0.2, -0.15) is 0 Å². The molecular formula is C21H12N3. The van der Waals surface area contributed by atoms with Crippen molar-refractivity contribution in [3.05, 3.63) is 79.1 Å². The van der Waals surface area contributed by atoms with E-state index in [1.807, 2.05) is 60.9 Å². The van der Waals surface area contributed by atoms with Gasteiger partial charge < -0.3 is 0 Å². The molecule has 0 saturated heterocycles. The van der Waals surface area contributed by atoms with E-state index < -0.39 is 0 Å². The predicted octanol–water partition coefficient (Wildman–Crippen LogP) is 4.80. The van der Waals surface area contributed by atoms with Gasteiger partial charge in [-0.3, -0.25) is 4.98 Å². The first-order chi connectivity index (χ1) is 11.9. The van der Waals surface area contributed by atoms with E-state index in [2.05, 4.69) is 33.2 Å². The number of fused-ring (bicyclic) bond motifs is 4. The molecule has 0 atom stereocenters. The standard InChI is InChI=1S/C21H12N3/c1-3-7-17-15(5-1)12-22-20-10-9-14(11-18(17)20)21-23-13-16-6-2-4-8-19(16)24-21/h1-10,12-13H. The quantitative estimate of drug-likeness (QED) is 0.418. The Labute approximate surface area is 138 Å². The summed E-state index contributed by atoms with van der Waals surface area (Å²) in [7, 11) is 0. The molecule has 3 heteroatoms. The van der Waals surface area contributed by atoms with Crippen LogP contribution >= 0.6 is 0 Å². The number of hydrogen-bond acceptors (Lipinski definition) is 3. The van der Waals surface area contributed by atoms with E-state index in [0.29, 0.717) is 5.82 Å². The number of pyridine rings is 1. The number of nitrogens with zero attached hydrogens (tertiary/aromatic N) is 3. The monoisotopic (exact) mass is 306 g/mol. The highest BCUT2D eigenvalue weighted by Gasteiger charge is 2.07. The SMILES string of the molecule is [c]1c(-c2ncc3ccccc3n2)ccc2ncc3ccccc3c12. The maximum absolute atomic E-state index is 4.67. The molecule has 2 heterocycles. The average Bonchev–Trinajstić information content (AvgIpc) is 2.67. The highest BCUT2D eigenvalue weighted by atomic mass is 14.9. The molecule has 0 N–H and O–H groups in total. The van der Waals surface area contributed by atoms with Crippen LogP contribution < -0.4 is 0 Å². The lowest BCUT2D eigenvalue weighted by molar-refractivity contribution is 1.23. The zero-order valence-corrected chi connectivity index (χ0v) is 12.8. The number of rotatable bonds is 1. The normalized spacial score (nSPS) is 11.3. The summed E-state index contributed by atoms with van der Waals surface area (Å²) in [5, 5.41) is 4.29. The minimum atomic E-state index is 0.684. The molecular weight excluding hydrogens is 294 g/mol. The van der Waals surface area contributed by atoms with E-state index in [1.54, 1.807) is 0 Å². The van der Waals surface area contributed by atoms with Gasteiger partial charge in [-0.15, -0.1) is 0 Å². The van der Waals surface area contributed by atoms with Crippen LogP contribution in [0.4, 0.5) is 0 Å². The summed E-state index contributed by atoms with van der Waals surface area (Å²) >= 11 is 0. The van der Waals surface area contributed by atoms with Crippen LogP contribution in [0.15, 0.2) is 73.1 Å². The van der Waals surface area contributed by atoms with Crippen molar-refractivity contribution < 1.29 is 0 Å². The van der Waals surface area contributed by atoms with E-state index in [9.17, 15) is 0 Å². The molecule has 5 aromatic rings. The summed E-state index contributed by atoms with van der Waals surface area (Å²) in [5.74, 6) is 0.684. The minimum absolute atomic E-state index is 0.684. The van der Waals surface area contributed by atoms with Crippen LogP contribution in [0.3, 0.4) is 0 Å². The Morgan fingerprint density at radius 3 is 2.42 bits per heavy atom. The fourth-order valence-corrected chi connectivity index (χ4v) is 3.01. The molecule has 0 spiro atoms. The first-order valence-electron chi connectivity index (χ1n) is 7.80. The Kier molecular flexibility index (Phi) is 2.79. The summed E-state index contributed by atoms with van der Waals surface area (Å²) in [6.45, 7) is 0. The van der Waals surface area contributed by atoms with Crippen LogP contribution in [0.25, 0.3) is 44.0 Å². The van der Waals surface area contributed by atoms with Crippen molar-refractivity contribution in [3.63, 3.8) is 0 Å². The lowest BCUT2D eigenvalue weighted by atomic mass is 10.0. The summed E-state index contributed by atoms with van der Waals surface area (Å²) in [6, 6.07) is 23.7. The topological polar surface area (TPSA) is 38.7 Å². The molecule has 111 valence electrons. The van der Waals surface area contributed by atoms with Gasteiger partial charge in [0.05, 0.1) is 11.0 Å². The van der Waals surface area contributed by atoms with Crippen LogP contribution in [0, 0.1) is 6.07 Å². The van der Waals surface area contributed by atoms with E-state index >= 15 is 0 Å². The van der Waals surface area contributed by atoms with Crippen molar-refractivity contribution in [2.24, 2.45) is 0 Å². The zero-order chi connectivity index (χ0) is 15.9. The smallest absolute Gasteiger partial charge is 0.160 e. The Balaban J connectivity index is 1.77. The summed E-state index contributed by atoms with van der Waals surface area (Å²) in [5.41, 5.74) is 2.75. The van der Waals surface area contributed by atoms with E-state index in [1.165, 1.54) is 0 Å². The van der Waals surface area contributed by atoms with E-state index in [0.717, 1.165) is 38.1 Å². The molecule has 0 aliphatic carbocycles. The average molecular weight is 306 g/mol. The highest BCUT2D eigenvalue weighted by Crippen LogP contribution is 2.27. The lowest BCUT2D eigenvalue weighted by Gasteiger charge is -2.06. The van der Waals surface area contributed by atoms with Crippen molar-refractivity contribution in [1.29, 1.82) is 0 Å². The lowest BCUT2D eigenvalue weighted by Crippen LogP contribution is -1.91. The van der Waals surface area contributed by atoms with Crippen molar-refractivity contribution in [2.75, 3.05) is 0 Å². The number of benzene rings is 3. The molecule has 0 aliphatic rings. The molecule has 2 aromatic heterocycles. The van der Waals surface area contributed by atoms with Gasteiger partial charge in [0.25, 0.3) is 0 Å². The molecule has 0 amide bonds. The van der Waals surface area contributed by atoms with Crippen LogP contribution in [0.2, 0.25) is 0 Å². The van der Waals surface area contributed by atoms with Crippen LogP contribution in [-0.4, -0.2) is 15.0 Å². The summed E-state index contributed by atoms with van der Waals surface area (Å²) in [4.78, 5) is 13.7. The summed E-state index contributed by atoms with van der Waals surface area (Å²) in [6.07, 6.45) is 3.76. The largest absolute Gasteiger partial charge is 0.256 e. The van der Waals surface area contributed by atoms with E-state index in [4.69, 9.17) is 0 Å². The maximum atomic E-state index is 4.67. The third-order valence-corrected chi connectivity index (χ3v) is 4.23. The van der Waals surface area contributed by atoms with Gasteiger partial charge >= 0.3 is 0 Å². The third kappa shape index (κ3) is 2.02. The number of hydrogen-bond donors (Lipinski definition) is 0. The maximum Gasteiger partial charge on any atom is 0.160 e. The van der Waals surface area contributed by atoms with Crippen molar-refractivity contribution in [2.45, 2.75) is 0 Å². The number of aromatic nitrogens is 3. The second kappa shape index (κ2) is 5.10. The molecule has 0 fully saturated rings. The Morgan fingerprint density at radius 1 is 0.667 bits per heavy atom. The van der Waals surface area contributed by atoms with Gasteiger partial charge in [0.1, 0.15) is 0 Å².